The molecule has 3 saturated heterocycles. The summed E-state index contributed by atoms with van der Waals surface area (Å²) in [5, 5.41) is 3.81. The number of carbonyl (C=O) groups is 1. The van der Waals surface area contributed by atoms with Gasteiger partial charge in [0.2, 0.25) is 5.91 Å². The minimum absolute atomic E-state index is 0.0196. The fourth-order valence-corrected chi connectivity index (χ4v) is 7.79. The second-order valence-electron chi connectivity index (χ2n) is 11.3. The highest BCUT2D eigenvalue weighted by Gasteiger charge is 2.59. The molecule has 0 radical (unpaired) electrons. The van der Waals surface area contributed by atoms with Gasteiger partial charge in [0.25, 0.3) is 0 Å². The van der Waals surface area contributed by atoms with Crippen molar-refractivity contribution < 1.29 is 27.4 Å². The standard InChI is InChI=1S/C26H35F3N4O3/c1-35-22-15-36-8-5-21(22)31-18-9-16-3-2-6-25(16,12-18)24(34)33-14-19-11-20(33)13-32(19)23-10-17(4-7-30-23)26(27,28)29/h4,7,10,16,18-22,31H,2-3,5-6,8-9,11-15H2,1H3/t16-,18-,19+,20-,21+,22-,25-/m1/s1. The minimum Gasteiger partial charge on any atom is -0.379 e. The third-order valence-electron chi connectivity index (χ3n) is 9.49. The van der Waals surface area contributed by atoms with Crippen molar-refractivity contribution in [2.24, 2.45) is 11.3 Å². The van der Waals surface area contributed by atoms with Crippen molar-refractivity contribution in [2.45, 2.75) is 81.4 Å². The van der Waals surface area contributed by atoms with Gasteiger partial charge in [-0.2, -0.15) is 13.2 Å². The van der Waals surface area contributed by atoms with Crippen molar-refractivity contribution in [3.8, 4) is 0 Å². The van der Waals surface area contributed by atoms with E-state index >= 15 is 0 Å². The van der Waals surface area contributed by atoms with E-state index in [2.05, 4.69) is 15.2 Å². The minimum atomic E-state index is -4.39. The van der Waals surface area contributed by atoms with Gasteiger partial charge in [-0.15, -0.1) is 0 Å². The summed E-state index contributed by atoms with van der Waals surface area (Å²) in [4.78, 5) is 22.3. The number of carbonyl (C=O) groups excluding carboxylic acids is 1. The van der Waals surface area contributed by atoms with Crippen LogP contribution in [0.15, 0.2) is 18.3 Å². The van der Waals surface area contributed by atoms with Gasteiger partial charge < -0.3 is 24.6 Å². The molecule has 2 aliphatic carbocycles. The smallest absolute Gasteiger partial charge is 0.379 e. The Kier molecular flexibility index (Phi) is 6.20. The van der Waals surface area contributed by atoms with Crippen molar-refractivity contribution in [1.82, 2.24) is 15.2 Å². The maximum absolute atomic E-state index is 14.1. The SMILES string of the molecule is CO[C@@H]1COCC[C@@H]1N[C@@H]1C[C@H]2CCC[C@@]2(C(=O)N2C[C@@H]3C[C@@H]2CN3c2cc(C(F)(F)F)ccn2)C1. The molecule has 1 N–H and O–H groups in total. The molecule has 2 bridgehead atoms. The molecule has 5 aliphatic rings. The molecule has 1 aromatic heterocycles. The number of aromatic nitrogens is 1. The number of piperazine rings is 1. The van der Waals surface area contributed by atoms with E-state index in [0.29, 0.717) is 37.5 Å². The summed E-state index contributed by atoms with van der Waals surface area (Å²) in [5.41, 5.74) is -0.990. The summed E-state index contributed by atoms with van der Waals surface area (Å²) in [6.45, 7) is 2.44. The van der Waals surface area contributed by atoms with Crippen LogP contribution in [0.5, 0.6) is 0 Å². The van der Waals surface area contributed by atoms with Crippen molar-refractivity contribution in [3.63, 3.8) is 0 Å². The van der Waals surface area contributed by atoms with Gasteiger partial charge in [0.15, 0.2) is 0 Å². The molecule has 36 heavy (non-hydrogen) atoms. The molecule has 6 rings (SSSR count). The van der Waals surface area contributed by atoms with Crippen LogP contribution in [0.1, 0.15) is 50.5 Å². The number of nitrogens with one attached hydrogen (secondary N) is 1. The fourth-order valence-electron chi connectivity index (χ4n) is 7.79. The van der Waals surface area contributed by atoms with Crippen molar-refractivity contribution in [1.29, 1.82) is 0 Å². The number of anilines is 1. The Morgan fingerprint density at radius 1 is 1.25 bits per heavy atom. The first kappa shape index (κ1) is 24.4. The van der Waals surface area contributed by atoms with Gasteiger partial charge >= 0.3 is 6.18 Å². The third-order valence-corrected chi connectivity index (χ3v) is 9.49. The maximum Gasteiger partial charge on any atom is 0.416 e. The number of hydrogen-bond acceptors (Lipinski definition) is 6. The zero-order valence-electron chi connectivity index (χ0n) is 20.7. The van der Waals surface area contributed by atoms with Gasteiger partial charge in [-0.05, 0) is 56.6 Å². The van der Waals surface area contributed by atoms with Crippen molar-refractivity contribution in [2.75, 3.05) is 38.3 Å². The summed E-state index contributed by atoms with van der Waals surface area (Å²) in [5.74, 6) is 1.02. The lowest BCUT2D eigenvalue weighted by Gasteiger charge is -2.40. The summed E-state index contributed by atoms with van der Waals surface area (Å²) in [6.07, 6.45) is 3.57. The topological polar surface area (TPSA) is 66.9 Å². The summed E-state index contributed by atoms with van der Waals surface area (Å²) < 4.78 is 50.8. The molecule has 5 fully saturated rings. The van der Waals surface area contributed by atoms with Gasteiger partial charge in [0, 0.05) is 45.1 Å². The van der Waals surface area contributed by atoms with E-state index in [1.54, 1.807) is 7.11 Å². The average molecular weight is 509 g/mol. The second-order valence-corrected chi connectivity index (χ2v) is 11.3. The number of alkyl halides is 3. The molecule has 7 atom stereocenters. The molecule has 7 nitrogen and oxygen atoms in total. The number of amides is 1. The molecular weight excluding hydrogens is 473 g/mol. The van der Waals surface area contributed by atoms with E-state index in [9.17, 15) is 18.0 Å². The van der Waals surface area contributed by atoms with E-state index < -0.39 is 11.7 Å². The molecule has 0 unspecified atom stereocenters. The van der Waals surface area contributed by atoms with Crippen LogP contribution in [0.2, 0.25) is 0 Å². The highest BCUT2D eigenvalue weighted by molar-refractivity contribution is 5.85. The molecule has 4 heterocycles. The number of ether oxygens (including phenoxy) is 2. The van der Waals surface area contributed by atoms with Gasteiger partial charge in [-0.25, -0.2) is 4.98 Å². The Balaban J connectivity index is 1.13. The molecule has 3 aliphatic heterocycles. The quantitative estimate of drug-likeness (QED) is 0.659. The number of nitrogens with zero attached hydrogens (tertiary/aromatic N) is 3. The van der Waals surface area contributed by atoms with Crippen LogP contribution in [0.25, 0.3) is 0 Å². The third kappa shape index (κ3) is 4.09. The monoisotopic (exact) mass is 508 g/mol. The van der Waals surface area contributed by atoms with Crippen LogP contribution >= 0.6 is 0 Å². The predicted octanol–water partition coefficient (Wildman–Crippen LogP) is 3.23. The van der Waals surface area contributed by atoms with Gasteiger partial charge in [0.1, 0.15) is 5.82 Å². The Hall–Kier alpha value is -1.91. The number of hydrogen-bond donors (Lipinski definition) is 1. The molecular formula is C26H35F3N4O3. The Morgan fingerprint density at radius 2 is 2.11 bits per heavy atom. The first-order chi connectivity index (χ1) is 17.3. The van der Waals surface area contributed by atoms with E-state index in [1.165, 1.54) is 6.20 Å². The molecule has 2 saturated carbocycles. The summed E-state index contributed by atoms with van der Waals surface area (Å²) >= 11 is 0. The lowest BCUT2D eigenvalue weighted by molar-refractivity contribution is -0.144. The summed E-state index contributed by atoms with van der Waals surface area (Å²) in [6, 6.07) is 2.74. The average Bonchev–Trinajstić information content (AvgIpc) is 3.63. The Bertz CT molecular complexity index is 993. The Labute approximate surface area is 209 Å². The van der Waals surface area contributed by atoms with Gasteiger partial charge in [-0.1, -0.05) is 6.42 Å². The van der Waals surface area contributed by atoms with Crippen molar-refractivity contribution >= 4 is 11.7 Å². The van der Waals surface area contributed by atoms with Crippen LogP contribution in [0.3, 0.4) is 0 Å². The molecule has 10 heteroatoms. The number of likely N-dealkylation sites (tertiary alicyclic amines) is 1. The number of halogens is 3. The summed E-state index contributed by atoms with van der Waals surface area (Å²) in [7, 11) is 1.73. The van der Waals surface area contributed by atoms with Crippen LogP contribution < -0.4 is 10.2 Å². The van der Waals surface area contributed by atoms with Crippen LogP contribution in [0.4, 0.5) is 19.0 Å². The molecule has 0 aromatic carbocycles. The van der Waals surface area contributed by atoms with E-state index in [1.807, 2.05) is 4.90 Å². The number of fused-ring (bicyclic) bond motifs is 3. The fraction of sp³-hybridized carbons (Fsp3) is 0.769. The maximum atomic E-state index is 14.1. The van der Waals surface area contributed by atoms with Gasteiger partial charge in [0.05, 0.1) is 35.8 Å². The van der Waals surface area contributed by atoms with E-state index in [-0.39, 0.29) is 35.6 Å². The highest BCUT2D eigenvalue weighted by Crippen LogP contribution is 2.56. The largest absolute Gasteiger partial charge is 0.416 e. The van der Waals surface area contributed by atoms with Crippen molar-refractivity contribution in [3.05, 3.63) is 23.9 Å². The molecule has 198 valence electrons. The number of methoxy groups -OCH3 is 1. The molecule has 0 spiro atoms. The van der Waals surface area contributed by atoms with E-state index in [4.69, 9.17) is 9.47 Å². The Morgan fingerprint density at radius 3 is 2.86 bits per heavy atom. The van der Waals surface area contributed by atoms with Gasteiger partial charge in [-0.3, -0.25) is 4.79 Å². The highest BCUT2D eigenvalue weighted by atomic mass is 19.4. The number of pyridine rings is 1. The first-order valence-corrected chi connectivity index (χ1v) is 13.3. The lowest BCUT2D eigenvalue weighted by Crippen LogP contribution is -2.54. The van der Waals surface area contributed by atoms with Crippen LogP contribution in [-0.4, -0.2) is 79.5 Å². The van der Waals surface area contributed by atoms with Crippen LogP contribution in [-0.2, 0) is 20.4 Å². The second kappa shape index (κ2) is 9.13. The molecule has 1 amide bonds. The molecule has 1 aromatic rings. The number of rotatable bonds is 5. The lowest BCUT2D eigenvalue weighted by atomic mass is 9.78. The zero-order chi connectivity index (χ0) is 25.1. The first-order valence-electron chi connectivity index (χ1n) is 13.3. The van der Waals surface area contributed by atoms with Crippen LogP contribution in [0, 0.1) is 11.3 Å². The zero-order valence-corrected chi connectivity index (χ0v) is 20.7. The predicted molar refractivity (Wildman–Crippen MR) is 126 cm³/mol. The van der Waals surface area contributed by atoms with E-state index in [0.717, 1.165) is 63.7 Å². The normalized spacial score (nSPS) is 38.1.